The van der Waals surface area contributed by atoms with Crippen LogP contribution in [0.1, 0.15) is 26.7 Å². The lowest BCUT2D eigenvalue weighted by Gasteiger charge is -2.27. The Labute approximate surface area is 137 Å². The molecule has 0 spiro atoms. The van der Waals surface area contributed by atoms with Gasteiger partial charge in [-0.1, -0.05) is 13.8 Å². The van der Waals surface area contributed by atoms with Crippen LogP contribution >= 0.6 is 12.2 Å². The van der Waals surface area contributed by atoms with Crippen LogP contribution in [0.4, 0.5) is 0 Å². The zero-order chi connectivity index (χ0) is 17.1. The van der Waals surface area contributed by atoms with E-state index in [0.717, 1.165) is 0 Å². The third-order valence-electron chi connectivity index (χ3n) is 3.14. The van der Waals surface area contributed by atoms with Crippen molar-refractivity contribution in [3.05, 3.63) is 0 Å². The molecule has 7 nitrogen and oxygen atoms in total. The third kappa shape index (κ3) is 8.14. The van der Waals surface area contributed by atoms with Crippen LogP contribution in [0.3, 0.4) is 0 Å². The summed E-state index contributed by atoms with van der Waals surface area (Å²) in [7, 11) is 3.15. The molecular weight excluding hydrogens is 306 g/mol. The van der Waals surface area contributed by atoms with Crippen LogP contribution in [-0.2, 0) is 14.3 Å². The molecule has 0 saturated carbocycles. The van der Waals surface area contributed by atoms with Gasteiger partial charge in [0.15, 0.2) is 5.11 Å². The van der Waals surface area contributed by atoms with Gasteiger partial charge in [-0.15, -0.1) is 0 Å². The maximum absolute atomic E-state index is 12.0. The number of thiocarbonyl (C=S) groups is 1. The highest BCUT2D eigenvalue weighted by Gasteiger charge is 2.28. The number of nitrogens with zero attached hydrogens (tertiary/aromatic N) is 1. The smallest absolute Gasteiger partial charge is 0.326 e. The number of hydrogen-bond donors (Lipinski definition) is 3. The molecule has 1 atom stereocenters. The van der Waals surface area contributed by atoms with E-state index in [0.29, 0.717) is 31.2 Å². The number of methoxy groups -OCH3 is 1. The van der Waals surface area contributed by atoms with Gasteiger partial charge in [0.05, 0.1) is 6.61 Å². The summed E-state index contributed by atoms with van der Waals surface area (Å²) in [6.07, 6.45) is 0.861. The van der Waals surface area contributed by atoms with Crippen LogP contribution in [-0.4, -0.2) is 66.9 Å². The minimum absolute atomic E-state index is 0.137. The molecule has 22 heavy (non-hydrogen) atoms. The second kappa shape index (κ2) is 11.2. The van der Waals surface area contributed by atoms with Gasteiger partial charge in [0, 0.05) is 33.7 Å². The first-order chi connectivity index (χ1) is 10.3. The summed E-state index contributed by atoms with van der Waals surface area (Å²) in [5.41, 5.74) is 0. The Balaban J connectivity index is 4.03. The lowest BCUT2D eigenvalue weighted by molar-refractivity contribution is -0.151. The molecule has 0 heterocycles. The van der Waals surface area contributed by atoms with Crippen molar-refractivity contribution >= 4 is 29.2 Å². The summed E-state index contributed by atoms with van der Waals surface area (Å²) < 4.78 is 4.89. The quantitative estimate of drug-likeness (QED) is 0.395. The van der Waals surface area contributed by atoms with E-state index in [-0.39, 0.29) is 18.2 Å². The summed E-state index contributed by atoms with van der Waals surface area (Å²) in [5.74, 6) is -1.30. The van der Waals surface area contributed by atoms with Crippen LogP contribution in [0.2, 0.25) is 0 Å². The molecule has 0 saturated heterocycles. The maximum Gasteiger partial charge on any atom is 0.326 e. The monoisotopic (exact) mass is 333 g/mol. The Morgan fingerprint density at radius 3 is 2.36 bits per heavy atom. The van der Waals surface area contributed by atoms with E-state index in [4.69, 9.17) is 22.1 Å². The summed E-state index contributed by atoms with van der Waals surface area (Å²) in [6.45, 7) is 5.32. The SMILES string of the molecule is COCCNC(=S)NCCCC(=O)N(C)C(C(=O)O)C(C)C. The molecule has 0 aromatic rings. The molecule has 0 aliphatic heterocycles. The van der Waals surface area contributed by atoms with Crippen molar-refractivity contribution in [3.8, 4) is 0 Å². The average molecular weight is 333 g/mol. The highest BCUT2D eigenvalue weighted by molar-refractivity contribution is 7.80. The summed E-state index contributed by atoms with van der Waals surface area (Å²) in [5, 5.41) is 15.6. The van der Waals surface area contributed by atoms with Gasteiger partial charge < -0.3 is 25.4 Å². The van der Waals surface area contributed by atoms with E-state index in [1.807, 2.05) is 0 Å². The van der Waals surface area contributed by atoms with Crippen molar-refractivity contribution in [2.75, 3.05) is 33.9 Å². The lowest BCUT2D eigenvalue weighted by Crippen LogP contribution is -2.45. The molecule has 1 amide bonds. The molecule has 0 rings (SSSR count). The second-order valence-electron chi connectivity index (χ2n) is 5.31. The number of nitrogens with one attached hydrogen (secondary N) is 2. The highest BCUT2D eigenvalue weighted by Crippen LogP contribution is 2.11. The number of rotatable bonds is 10. The average Bonchev–Trinajstić information content (AvgIpc) is 2.42. The zero-order valence-electron chi connectivity index (χ0n) is 13.7. The zero-order valence-corrected chi connectivity index (χ0v) is 14.5. The van der Waals surface area contributed by atoms with E-state index in [1.165, 1.54) is 11.9 Å². The summed E-state index contributed by atoms with van der Waals surface area (Å²) >= 11 is 5.06. The maximum atomic E-state index is 12.0. The molecule has 1 unspecified atom stereocenters. The standard InChI is InChI=1S/C14H27N3O4S/c1-10(2)12(13(19)20)17(3)11(18)6-5-7-15-14(22)16-8-9-21-4/h10,12H,5-9H2,1-4H3,(H,19,20)(H2,15,16,22). The molecule has 0 aromatic carbocycles. The topological polar surface area (TPSA) is 90.9 Å². The minimum Gasteiger partial charge on any atom is -0.480 e. The number of amides is 1. The largest absolute Gasteiger partial charge is 0.480 e. The number of carboxylic acids is 1. The van der Waals surface area contributed by atoms with Crippen LogP contribution in [0.5, 0.6) is 0 Å². The number of aliphatic carboxylic acids is 1. The van der Waals surface area contributed by atoms with Gasteiger partial charge in [-0.2, -0.15) is 0 Å². The lowest BCUT2D eigenvalue weighted by atomic mass is 10.0. The number of hydrogen-bond acceptors (Lipinski definition) is 4. The van der Waals surface area contributed by atoms with E-state index in [9.17, 15) is 9.59 Å². The fraction of sp³-hybridized carbons (Fsp3) is 0.786. The molecule has 0 aliphatic carbocycles. The molecule has 0 aliphatic rings. The molecular formula is C14H27N3O4S. The number of carboxylic acid groups (broad SMARTS) is 1. The Morgan fingerprint density at radius 2 is 1.86 bits per heavy atom. The third-order valence-corrected chi connectivity index (χ3v) is 3.43. The number of carbonyl (C=O) groups is 2. The van der Waals surface area contributed by atoms with Crippen LogP contribution in [0.15, 0.2) is 0 Å². The van der Waals surface area contributed by atoms with Crippen molar-refractivity contribution in [3.63, 3.8) is 0 Å². The molecule has 128 valence electrons. The van der Waals surface area contributed by atoms with Crippen molar-refractivity contribution in [2.45, 2.75) is 32.7 Å². The molecule has 3 N–H and O–H groups in total. The fourth-order valence-electron chi connectivity index (χ4n) is 2.00. The van der Waals surface area contributed by atoms with Gasteiger partial charge >= 0.3 is 5.97 Å². The minimum atomic E-state index is -0.979. The Bertz CT molecular complexity index is 377. The molecule has 0 bridgehead atoms. The van der Waals surface area contributed by atoms with Crippen LogP contribution < -0.4 is 10.6 Å². The predicted octanol–water partition coefficient (Wildman–Crippen LogP) is 0.445. The number of ether oxygens (including phenoxy) is 1. The van der Waals surface area contributed by atoms with Crippen molar-refractivity contribution in [1.82, 2.24) is 15.5 Å². The van der Waals surface area contributed by atoms with E-state index >= 15 is 0 Å². The first kappa shape index (κ1) is 20.6. The Hall–Kier alpha value is -1.41. The first-order valence-corrected chi connectivity index (χ1v) is 7.71. The fourth-order valence-corrected chi connectivity index (χ4v) is 2.20. The predicted molar refractivity (Wildman–Crippen MR) is 88.7 cm³/mol. The Kier molecular flexibility index (Phi) is 10.5. The van der Waals surface area contributed by atoms with Crippen molar-refractivity contribution in [1.29, 1.82) is 0 Å². The first-order valence-electron chi connectivity index (χ1n) is 7.30. The van der Waals surface area contributed by atoms with E-state index in [1.54, 1.807) is 21.0 Å². The Morgan fingerprint density at radius 1 is 1.27 bits per heavy atom. The van der Waals surface area contributed by atoms with Gasteiger partial charge in [-0.3, -0.25) is 4.79 Å². The van der Waals surface area contributed by atoms with Crippen LogP contribution in [0, 0.1) is 5.92 Å². The van der Waals surface area contributed by atoms with Crippen molar-refractivity contribution < 1.29 is 19.4 Å². The van der Waals surface area contributed by atoms with Gasteiger partial charge in [0.1, 0.15) is 6.04 Å². The van der Waals surface area contributed by atoms with Crippen molar-refractivity contribution in [2.24, 2.45) is 5.92 Å². The molecule has 0 aromatic heterocycles. The second-order valence-corrected chi connectivity index (χ2v) is 5.72. The number of likely N-dealkylation sites (N-methyl/N-ethyl adjacent to an activating group) is 1. The normalized spacial score (nSPS) is 11.9. The van der Waals surface area contributed by atoms with Gasteiger partial charge in [0.2, 0.25) is 5.91 Å². The molecule has 0 radical (unpaired) electrons. The molecule has 8 heteroatoms. The van der Waals surface area contributed by atoms with Gasteiger partial charge in [-0.25, -0.2) is 4.79 Å². The van der Waals surface area contributed by atoms with E-state index in [2.05, 4.69) is 10.6 Å². The number of carbonyl (C=O) groups excluding carboxylic acids is 1. The summed E-state index contributed by atoms with van der Waals surface area (Å²) in [6, 6.07) is -0.794. The van der Waals surface area contributed by atoms with Crippen LogP contribution in [0.25, 0.3) is 0 Å². The molecule has 0 fully saturated rings. The highest BCUT2D eigenvalue weighted by atomic mass is 32.1. The van der Waals surface area contributed by atoms with Gasteiger partial charge in [-0.05, 0) is 24.6 Å². The van der Waals surface area contributed by atoms with Gasteiger partial charge in [0.25, 0.3) is 0 Å². The summed E-state index contributed by atoms with van der Waals surface area (Å²) in [4.78, 5) is 24.5. The van der Waals surface area contributed by atoms with E-state index < -0.39 is 12.0 Å².